The van der Waals surface area contributed by atoms with Crippen LogP contribution in [0.2, 0.25) is 0 Å². The molecule has 172 valence electrons. The second-order valence-corrected chi connectivity index (χ2v) is 9.74. The third-order valence-corrected chi connectivity index (χ3v) is 7.76. The number of benzene rings is 1. The number of hydrogen-bond acceptors (Lipinski definition) is 5. The molecule has 3 atom stereocenters. The lowest BCUT2D eigenvalue weighted by atomic mass is 9.71. The summed E-state index contributed by atoms with van der Waals surface area (Å²) >= 11 is 0. The molecule has 32 heavy (non-hydrogen) atoms. The quantitative estimate of drug-likeness (QED) is 0.346. The van der Waals surface area contributed by atoms with Gasteiger partial charge in [0.2, 0.25) is 0 Å². The van der Waals surface area contributed by atoms with Crippen molar-refractivity contribution in [3.8, 4) is 0 Å². The van der Waals surface area contributed by atoms with E-state index in [4.69, 9.17) is 4.74 Å². The molecule has 0 amide bonds. The minimum absolute atomic E-state index is 0.163. The monoisotopic (exact) mass is 437 g/mol. The molecule has 1 aliphatic carbocycles. The highest BCUT2D eigenvalue weighted by Crippen LogP contribution is 2.47. The lowest BCUT2D eigenvalue weighted by Gasteiger charge is -2.44. The maximum absolute atomic E-state index is 11.1. The highest BCUT2D eigenvalue weighted by atomic mass is 16.6. The van der Waals surface area contributed by atoms with Crippen molar-refractivity contribution in [2.24, 2.45) is 5.92 Å². The summed E-state index contributed by atoms with van der Waals surface area (Å²) < 4.78 is 6.57. The summed E-state index contributed by atoms with van der Waals surface area (Å²) in [5, 5.41) is 11.1. The Morgan fingerprint density at radius 2 is 1.88 bits per heavy atom. The van der Waals surface area contributed by atoms with E-state index in [1.54, 1.807) is 12.1 Å². The van der Waals surface area contributed by atoms with Gasteiger partial charge in [0, 0.05) is 55.9 Å². The van der Waals surface area contributed by atoms with Crippen LogP contribution in [0.5, 0.6) is 0 Å². The summed E-state index contributed by atoms with van der Waals surface area (Å²) in [4.78, 5) is 15.9. The molecule has 2 saturated heterocycles. The summed E-state index contributed by atoms with van der Waals surface area (Å²) in [6.07, 6.45) is 13.3. The van der Waals surface area contributed by atoms with E-state index in [0.717, 1.165) is 45.5 Å². The van der Waals surface area contributed by atoms with Gasteiger partial charge in [0.15, 0.2) is 0 Å². The standard InChI is InChI=1S/C26H35N3O3/c30-29(31)21-12-10-20(11-13-21)23-19-28-17-5-8-24(28)22-7-4-9-25(26(22)23)32-18-6-16-27-14-2-1-3-15-27/h4,7,10-13,23,25-26H,1-3,5-6,8-9,14-19H2. The molecule has 5 rings (SSSR count). The number of hydrogen-bond donors (Lipinski definition) is 0. The van der Waals surface area contributed by atoms with Gasteiger partial charge in [-0.25, -0.2) is 0 Å². The molecule has 3 unspecified atom stereocenters. The first-order valence-corrected chi connectivity index (χ1v) is 12.4. The van der Waals surface area contributed by atoms with E-state index in [1.807, 2.05) is 12.1 Å². The van der Waals surface area contributed by atoms with Gasteiger partial charge in [-0.2, -0.15) is 0 Å². The lowest BCUT2D eigenvalue weighted by molar-refractivity contribution is -0.384. The zero-order valence-electron chi connectivity index (χ0n) is 19.0. The summed E-state index contributed by atoms with van der Waals surface area (Å²) in [6.45, 7) is 6.53. The van der Waals surface area contributed by atoms with Crippen molar-refractivity contribution >= 4 is 5.69 Å². The van der Waals surface area contributed by atoms with Gasteiger partial charge in [-0.05, 0) is 62.8 Å². The zero-order valence-corrected chi connectivity index (χ0v) is 19.0. The van der Waals surface area contributed by atoms with Crippen molar-refractivity contribution in [3.63, 3.8) is 0 Å². The van der Waals surface area contributed by atoms with E-state index < -0.39 is 0 Å². The number of piperidine rings is 1. The zero-order chi connectivity index (χ0) is 21.9. The average molecular weight is 438 g/mol. The predicted molar refractivity (Wildman–Crippen MR) is 126 cm³/mol. The first-order valence-electron chi connectivity index (χ1n) is 12.4. The molecule has 1 aromatic rings. The van der Waals surface area contributed by atoms with Crippen LogP contribution in [0.4, 0.5) is 5.69 Å². The Hall–Kier alpha value is -2.18. The molecule has 0 saturated carbocycles. The van der Waals surface area contributed by atoms with Gasteiger partial charge in [-0.1, -0.05) is 30.7 Å². The minimum Gasteiger partial charge on any atom is -0.377 e. The highest BCUT2D eigenvalue weighted by molar-refractivity contribution is 5.42. The van der Waals surface area contributed by atoms with Crippen molar-refractivity contribution in [1.29, 1.82) is 0 Å². The van der Waals surface area contributed by atoms with Gasteiger partial charge in [0.05, 0.1) is 11.0 Å². The van der Waals surface area contributed by atoms with Gasteiger partial charge in [0.25, 0.3) is 5.69 Å². The molecule has 6 nitrogen and oxygen atoms in total. The largest absolute Gasteiger partial charge is 0.377 e. The minimum atomic E-state index is -0.313. The normalized spacial score (nSPS) is 28.0. The Morgan fingerprint density at radius 1 is 1.06 bits per heavy atom. The van der Waals surface area contributed by atoms with Crippen LogP contribution in [-0.2, 0) is 4.74 Å². The van der Waals surface area contributed by atoms with Gasteiger partial charge < -0.3 is 14.5 Å². The van der Waals surface area contributed by atoms with Crippen molar-refractivity contribution in [2.75, 3.05) is 39.3 Å². The summed E-state index contributed by atoms with van der Waals surface area (Å²) in [5.41, 5.74) is 4.31. The molecule has 4 aliphatic rings. The molecular weight excluding hydrogens is 402 g/mol. The SMILES string of the molecule is O=[N+]([O-])c1ccc(C2CN3CCCC3=C3C=CCC(OCCCN4CCCCC4)C32)cc1. The maximum atomic E-state index is 11.1. The molecule has 1 aromatic carbocycles. The molecular formula is C26H35N3O3. The number of nitro benzene ring substituents is 1. The molecule has 0 spiro atoms. The number of fused-ring (bicyclic) bond motifs is 2. The van der Waals surface area contributed by atoms with Crippen LogP contribution in [0.1, 0.15) is 56.4 Å². The average Bonchev–Trinajstić information content (AvgIpc) is 3.31. The van der Waals surface area contributed by atoms with E-state index in [9.17, 15) is 10.1 Å². The molecule has 3 aliphatic heterocycles. The molecule has 0 bridgehead atoms. The molecule has 0 radical (unpaired) electrons. The number of nitro groups is 1. The Bertz CT molecular complexity index is 873. The maximum Gasteiger partial charge on any atom is 0.269 e. The molecule has 6 heteroatoms. The molecule has 3 heterocycles. The van der Waals surface area contributed by atoms with E-state index in [2.05, 4.69) is 22.0 Å². The number of likely N-dealkylation sites (tertiary alicyclic amines) is 1. The van der Waals surface area contributed by atoms with Crippen LogP contribution < -0.4 is 0 Å². The Kier molecular flexibility index (Phi) is 6.60. The molecule has 0 N–H and O–H groups in total. The topological polar surface area (TPSA) is 58.9 Å². The first kappa shape index (κ1) is 21.7. The van der Waals surface area contributed by atoms with E-state index in [-0.39, 0.29) is 16.7 Å². The number of rotatable bonds is 7. The smallest absolute Gasteiger partial charge is 0.269 e. The van der Waals surface area contributed by atoms with E-state index in [0.29, 0.717) is 11.8 Å². The van der Waals surface area contributed by atoms with Gasteiger partial charge >= 0.3 is 0 Å². The molecule has 0 aromatic heterocycles. The Labute approximate surface area is 191 Å². The van der Waals surface area contributed by atoms with Crippen LogP contribution in [0.3, 0.4) is 0 Å². The van der Waals surface area contributed by atoms with Crippen molar-refractivity contribution in [1.82, 2.24) is 9.80 Å². The Morgan fingerprint density at radius 3 is 2.66 bits per heavy atom. The van der Waals surface area contributed by atoms with Crippen LogP contribution in [-0.4, -0.2) is 60.2 Å². The fraction of sp³-hybridized carbons (Fsp3) is 0.615. The van der Waals surface area contributed by atoms with Crippen molar-refractivity contribution < 1.29 is 9.66 Å². The van der Waals surface area contributed by atoms with Crippen LogP contribution in [0.15, 0.2) is 47.7 Å². The predicted octanol–water partition coefficient (Wildman–Crippen LogP) is 4.88. The summed E-state index contributed by atoms with van der Waals surface area (Å²) in [5.74, 6) is 0.644. The van der Waals surface area contributed by atoms with Crippen molar-refractivity contribution in [2.45, 2.75) is 57.0 Å². The van der Waals surface area contributed by atoms with Crippen LogP contribution in [0, 0.1) is 16.0 Å². The highest BCUT2D eigenvalue weighted by Gasteiger charge is 2.42. The summed E-state index contributed by atoms with van der Waals surface area (Å²) in [6, 6.07) is 7.25. The fourth-order valence-corrected chi connectivity index (χ4v) is 6.19. The molecule has 2 fully saturated rings. The fourth-order valence-electron chi connectivity index (χ4n) is 6.19. The second-order valence-electron chi connectivity index (χ2n) is 9.74. The Balaban J connectivity index is 1.32. The van der Waals surface area contributed by atoms with Gasteiger partial charge in [-0.3, -0.25) is 10.1 Å². The van der Waals surface area contributed by atoms with Gasteiger partial charge in [0.1, 0.15) is 0 Å². The number of nitrogens with zero attached hydrogens (tertiary/aromatic N) is 3. The second kappa shape index (κ2) is 9.75. The van der Waals surface area contributed by atoms with Gasteiger partial charge in [-0.15, -0.1) is 0 Å². The lowest BCUT2D eigenvalue weighted by Crippen LogP contribution is -2.42. The first-order chi connectivity index (χ1) is 15.7. The van der Waals surface area contributed by atoms with Crippen molar-refractivity contribution in [3.05, 3.63) is 63.4 Å². The number of ether oxygens (including phenoxy) is 1. The number of allylic oxidation sites excluding steroid dienone is 2. The van der Waals surface area contributed by atoms with E-state index >= 15 is 0 Å². The third kappa shape index (κ3) is 4.48. The van der Waals surface area contributed by atoms with E-state index in [1.165, 1.54) is 55.6 Å². The summed E-state index contributed by atoms with van der Waals surface area (Å²) in [7, 11) is 0. The third-order valence-electron chi connectivity index (χ3n) is 7.76. The van der Waals surface area contributed by atoms with Crippen LogP contribution >= 0.6 is 0 Å². The number of non-ortho nitro benzene ring substituents is 1. The van der Waals surface area contributed by atoms with Crippen LogP contribution in [0.25, 0.3) is 0 Å².